The Balaban J connectivity index is 1.86. The van der Waals surface area contributed by atoms with Crippen LogP contribution in [0.3, 0.4) is 0 Å². The summed E-state index contributed by atoms with van der Waals surface area (Å²) >= 11 is 25.3. The second-order valence-electron chi connectivity index (χ2n) is 4.39. The van der Waals surface area contributed by atoms with Gasteiger partial charge in [-0.05, 0) is 29.8 Å². The molecule has 0 atom stereocenters. The van der Waals surface area contributed by atoms with Crippen molar-refractivity contribution in [3.8, 4) is 0 Å². The Morgan fingerprint density at radius 2 is 1.64 bits per heavy atom. The summed E-state index contributed by atoms with van der Waals surface area (Å²) in [5.74, 6) is 0.766. The fraction of sp³-hybridized carbons (Fsp3) is 0.133. The Morgan fingerprint density at radius 3 is 2.27 bits per heavy atom. The lowest BCUT2D eigenvalue weighted by molar-refractivity contribution is -0.113. The second kappa shape index (κ2) is 8.32. The lowest BCUT2D eigenvalue weighted by Gasteiger charge is -2.09. The van der Waals surface area contributed by atoms with E-state index in [1.165, 1.54) is 11.8 Å². The predicted octanol–water partition coefficient (Wildman–Crippen LogP) is 6.17. The third-order valence-electron chi connectivity index (χ3n) is 2.71. The van der Waals surface area contributed by atoms with Crippen molar-refractivity contribution in [1.29, 1.82) is 0 Å². The van der Waals surface area contributed by atoms with Crippen LogP contribution in [0.15, 0.2) is 36.4 Å². The molecule has 22 heavy (non-hydrogen) atoms. The van der Waals surface area contributed by atoms with E-state index in [2.05, 4.69) is 5.32 Å². The van der Waals surface area contributed by atoms with Crippen molar-refractivity contribution in [3.05, 3.63) is 62.1 Å². The molecule has 1 N–H and O–H groups in total. The normalized spacial score (nSPS) is 10.5. The van der Waals surface area contributed by atoms with Crippen molar-refractivity contribution in [2.75, 3.05) is 11.1 Å². The van der Waals surface area contributed by atoms with Gasteiger partial charge in [-0.3, -0.25) is 4.79 Å². The minimum Gasteiger partial charge on any atom is -0.323 e. The molecule has 0 aliphatic rings. The minimum absolute atomic E-state index is 0.167. The van der Waals surface area contributed by atoms with Crippen LogP contribution in [0.25, 0.3) is 0 Å². The molecule has 0 aliphatic heterocycles. The van der Waals surface area contributed by atoms with E-state index in [0.717, 1.165) is 5.56 Å². The van der Waals surface area contributed by atoms with E-state index in [1.54, 1.807) is 30.3 Å². The van der Waals surface area contributed by atoms with Crippen LogP contribution in [0.1, 0.15) is 5.56 Å². The first-order valence-corrected chi connectivity index (χ1v) is 8.89. The molecule has 2 nitrogen and oxygen atoms in total. The molecule has 0 saturated heterocycles. The van der Waals surface area contributed by atoms with Crippen molar-refractivity contribution in [2.24, 2.45) is 0 Å². The van der Waals surface area contributed by atoms with Crippen LogP contribution in [0.5, 0.6) is 0 Å². The van der Waals surface area contributed by atoms with Gasteiger partial charge in [0.2, 0.25) is 5.91 Å². The van der Waals surface area contributed by atoms with Gasteiger partial charge in [0, 0.05) is 5.75 Å². The van der Waals surface area contributed by atoms with Crippen LogP contribution < -0.4 is 5.32 Å². The zero-order valence-corrected chi connectivity index (χ0v) is 15.0. The number of carbonyl (C=O) groups is 1. The first-order chi connectivity index (χ1) is 10.5. The van der Waals surface area contributed by atoms with E-state index in [9.17, 15) is 4.79 Å². The molecule has 0 aromatic heterocycles. The Labute approximate surface area is 153 Å². The second-order valence-corrected chi connectivity index (χ2v) is 7.00. The number of amides is 1. The Hall–Kier alpha value is -0.580. The summed E-state index contributed by atoms with van der Waals surface area (Å²) in [5.41, 5.74) is 1.44. The van der Waals surface area contributed by atoms with Gasteiger partial charge in [-0.2, -0.15) is 0 Å². The van der Waals surface area contributed by atoms with E-state index in [1.807, 2.05) is 6.07 Å². The first kappa shape index (κ1) is 17.8. The van der Waals surface area contributed by atoms with Crippen LogP contribution in [-0.4, -0.2) is 11.7 Å². The van der Waals surface area contributed by atoms with Gasteiger partial charge in [0.25, 0.3) is 0 Å². The summed E-state index contributed by atoms with van der Waals surface area (Å²) in [6.07, 6.45) is 0. The number of benzene rings is 2. The van der Waals surface area contributed by atoms with Crippen LogP contribution in [0.4, 0.5) is 5.69 Å². The molecule has 1 amide bonds. The molecule has 2 aromatic carbocycles. The monoisotopic (exact) mass is 393 g/mol. The lowest BCUT2D eigenvalue weighted by atomic mass is 10.2. The van der Waals surface area contributed by atoms with Gasteiger partial charge >= 0.3 is 0 Å². The van der Waals surface area contributed by atoms with E-state index in [-0.39, 0.29) is 11.7 Å². The number of para-hydroxylation sites is 1. The van der Waals surface area contributed by atoms with Crippen molar-refractivity contribution in [3.63, 3.8) is 0 Å². The van der Waals surface area contributed by atoms with Gasteiger partial charge in [-0.1, -0.05) is 58.5 Å². The maximum atomic E-state index is 11.9. The molecule has 0 bridgehead atoms. The summed E-state index contributed by atoms with van der Waals surface area (Å²) in [6, 6.07) is 10.5. The van der Waals surface area contributed by atoms with Crippen LogP contribution in [0, 0.1) is 0 Å². The molecule has 0 spiro atoms. The molecule has 7 heteroatoms. The third kappa shape index (κ3) is 4.97. The van der Waals surface area contributed by atoms with E-state index in [4.69, 9.17) is 46.4 Å². The number of halogens is 4. The molecule has 0 saturated carbocycles. The standard InChI is InChI=1S/C15H11Cl4NOS/c16-10-5-4-9(6-13(10)19)7-22-8-14(21)20-15-11(17)2-1-3-12(15)18/h1-6H,7-8H2,(H,20,21). The number of nitrogens with one attached hydrogen (secondary N) is 1. The fourth-order valence-corrected chi connectivity index (χ4v) is 3.27. The molecule has 0 radical (unpaired) electrons. The number of hydrogen-bond donors (Lipinski definition) is 1. The van der Waals surface area contributed by atoms with Gasteiger partial charge in [0.15, 0.2) is 0 Å². The predicted molar refractivity (Wildman–Crippen MR) is 97.7 cm³/mol. The fourth-order valence-electron chi connectivity index (χ4n) is 1.68. The molecular formula is C15H11Cl4NOS. The van der Waals surface area contributed by atoms with Crippen LogP contribution >= 0.6 is 58.2 Å². The molecule has 2 rings (SSSR count). The maximum Gasteiger partial charge on any atom is 0.234 e. The number of rotatable bonds is 5. The molecule has 0 unspecified atom stereocenters. The van der Waals surface area contributed by atoms with E-state index >= 15 is 0 Å². The smallest absolute Gasteiger partial charge is 0.234 e. The summed E-state index contributed by atoms with van der Waals surface area (Å²) in [7, 11) is 0. The topological polar surface area (TPSA) is 29.1 Å². The zero-order valence-electron chi connectivity index (χ0n) is 11.2. The zero-order chi connectivity index (χ0) is 16.1. The number of thioether (sulfide) groups is 1. The molecular weight excluding hydrogens is 384 g/mol. The molecule has 0 heterocycles. The average molecular weight is 395 g/mol. The SMILES string of the molecule is O=C(CSCc1ccc(Cl)c(Cl)c1)Nc1c(Cl)cccc1Cl. The third-order valence-corrected chi connectivity index (χ3v) is 5.09. The molecule has 0 fully saturated rings. The molecule has 2 aromatic rings. The van der Waals surface area contributed by atoms with Crippen molar-refractivity contribution >= 4 is 69.8 Å². The highest BCUT2D eigenvalue weighted by Gasteiger charge is 2.09. The van der Waals surface area contributed by atoms with Gasteiger partial charge in [-0.15, -0.1) is 11.8 Å². The van der Waals surface area contributed by atoms with E-state index < -0.39 is 0 Å². The molecule has 116 valence electrons. The van der Waals surface area contributed by atoms with Gasteiger partial charge in [0.1, 0.15) is 0 Å². The minimum atomic E-state index is -0.167. The highest BCUT2D eigenvalue weighted by molar-refractivity contribution is 7.99. The number of carbonyl (C=O) groups excluding carboxylic acids is 1. The lowest BCUT2D eigenvalue weighted by Crippen LogP contribution is -2.14. The summed E-state index contributed by atoms with van der Waals surface area (Å²) in [5, 5.41) is 4.56. The maximum absolute atomic E-state index is 11.9. The van der Waals surface area contributed by atoms with Crippen molar-refractivity contribution < 1.29 is 4.79 Å². The van der Waals surface area contributed by atoms with Crippen LogP contribution in [0.2, 0.25) is 20.1 Å². The summed E-state index contributed by atoms with van der Waals surface area (Å²) in [4.78, 5) is 11.9. The van der Waals surface area contributed by atoms with Gasteiger partial charge in [0.05, 0.1) is 31.5 Å². The Morgan fingerprint density at radius 1 is 0.955 bits per heavy atom. The molecule has 0 aliphatic carbocycles. The largest absolute Gasteiger partial charge is 0.323 e. The number of hydrogen-bond acceptors (Lipinski definition) is 2. The average Bonchev–Trinajstić information content (AvgIpc) is 2.47. The highest BCUT2D eigenvalue weighted by atomic mass is 35.5. The Kier molecular flexibility index (Phi) is 6.72. The quantitative estimate of drug-likeness (QED) is 0.656. The highest BCUT2D eigenvalue weighted by Crippen LogP contribution is 2.30. The Bertz CT molecular complexity index is 673. The van der Waals surface area contributed by atoms with Crippen LogP contribution in [-0.2, 0) is 10.5 Å². The summed E-state index contributed by atoms with van der Waals surface area (Å²) in [6.45, 7) is 0. The van der Waals surface area contributed by atoms with Gasteiger partial charge < -0.3 is 5.32 Å². The van der Waals surface area contributed by atoms with Crippen molar-refractivity contribution in [2.45, 2.75) is 5.75 Å². The summed E-state index contributed by atoms with van der Waals surface area (Å²) < 4.78 is 0. The van der Waals surface area contributed by atoms with Gasteiger partial charge in [-0.25, -0.2) is 0 Å². The first-order valence-electron chi connectivity index (χ1n) is 6.23. The number of anilines is 1. The van der Waals surface area contributed by atoms with E-state index in [0.29, 0.717) is 31.5 Å². The van der Waals surface area contributed by atoms with Crippen molar-refractivity contribution in [1.82, 2.24) is 0 Å².